The highest BCUT2D eigenvalue weighted by Gasteiger charge is 2.28. The zero-order valence-electron chi connectivity index (χ0n) is 11.7. The molecule has 0 saturated carbocycles. The van der Waals surface area contributed by atoms with Crippen LogP contribution in [0.5, 0.6) is 0 Å². The molecule has 116 valence electrons. The molecule has 2 aromatic heterocycles. The third kappa shape index (κ3) is 3.03. The van der Waals surface area contributed by atoms with Crippen LogP contribution in [0, 0.1) is 3.70 Å². The summed E-state index contributed by atoms with van der Waals surface area (Å²) in [4.78, 5) is 7.34. The molecule has 0 unspecified atom stereocenters. The zero-order valence-corrected chi connectivity index (χ0v) is 15.5. The maximum absolute atomic E-state index is 11.5. The summed E-state index contributed by atoms with van der Waals surface area (Å²) in [6, 6.07) is 0.316. The van der Waals surface area contributed by atoms with Crippen LogP contribution in [0.15, 0.2) is 6.20 Å². The summed E-state index contributed by atoms with van der Waals surface area (Å²) in [6.45, 7) is 1.15. The number of aromatic nitrogens is 3. The third-order valence-corrected chi connectivity index (χ3v) is 6.83. The zero-order chi connectivity index (χ0) is 15.2. The van der Waals surface area contributed by atoms with Crippen LogP contribution in [-0.4, -0.2) is 59.8 Å². The molecule has 0 atom stereocenters. The minimum Gasteiger partial charge on any atom is -0.347 e. The first-order valence-corrected chi connectivity index (χ1v) is 10.3. The van der Waals surface area contributed by atoms with E-state index in [4.69, 9.17) is 0 Å². The normalized spacial score (nSPS) is 18.4. The number of halogens is 1. The Morgan fingerprint density at radius 2 is 2.10 bits per heavy atom. The van der Waals surface area contributed by atoms with Gasteiger partial charge in [0.1, 0.15) is 3.70 Å². The van der Waals surface area contributed by atoms with Crippen LogP contribution in [0.3, 0.4) is 0 Å². The van der Waals surface area contributed by atoms with Gasteiger partial charge in [-0.25, -0.2) is 17.7 Å². The SMILES string of the molecule is CN(c1nn2c(I)cnc2s1)C1CCN(S(C)(=O)=O)CC1. The lowest BCUT2D eigenvalue weighted by Crippen LogP contribution is -2.45. The molecule has 0 aliphatic carbocycles. The van der Waals surface area contributed by atoms with Crippen LogP contribution in [0.4, 0.5) is 5.13 Å². The van der Waals surface area contributed by atoms with Crippen molar-refractivity contribution in [2.75, 3.05) is 31.3 Å². The Morgan fingerprint density at radius 1 is 1.43 bits per heavy atom. The molecule has 0 bridgehead atoms. The number of anilines is 1. The fourth-order valence-corrected chi connectivity index (χ4v) is 4.94. The summed E-state index contributed by atoms with van der Waals surface area (Å²) in [5.41, 5.74) is 0. The molecule has 0 N–H and O–H groups in total. The van der Waals surface area contributed by atoms with E-state index in [2.05, 4.69) is 37.6 Å². The molecule has 0 aromatic carbocycles. The lowest BCUT2D eigenvalue weighted by atomic mass is 10.1. The van der Waals surface area contributed by atoms with Crippen LogP contribution >= 0.6 is 33.9 Å². The first-order valence-electron chi connectivity index (χ1n) is 6.54. The smallest absolute Gasteiger partial charge is 0.214 e. The van der Waals surface area contributed by atoms with Gasteiger partial charge in [0.05, 0.1) is 12.5 Å². The lowest BCUT2D eigenvalue weighted by Gasteiger charge is -2.35. The molecule has 0 spiro atoms. The summed E-state index contributed by atoms with van der Waals surface area (Å²) in [6.07, 6.45) is 4.72. The van der Waals surface area contributed by atoms with Crippen molar-refractivity contribution < 1.29 is 8.42 Å². The first-order chi connectivity index (χ1) is 9.86. The average molecular weight is 441 g/mol. The van der Waals surface area contributed by atoms with Crippen molar-refractivity contribution >= 4 is 54.0 Å². The Balaban J connectivity index is 1.73. The van der Waals surface area contributed by atoms with Crippen LogP contribution in [0.25, 0.3) is 4.96 Å². The van der Waals surface area contributed by atoms with Crippen molar-refractivity contribution in [3.8, 4) is 0 Å². The molecule has 3 heterocycles. The number of hydrogen-bond acceptors (Lipinski definition) is 6. The molecule has 1 aliphatic rings. The van der Waals surface area contributed by atoms with Crippen molar-refractivity contribution in [3.05, 3.63) is 9.90 Å². The average Bonchev–Trinajstić information content (AvgIpc) is 3.00. The number of sulfonamides is 1. The van der Waals surface area contributed by atoms with Crippen LogP contribution < -0.4 is 4.90 Å². The molecule has 1 aliphatic heterocycles. The highest BCUT2D eigenvalue weighted by atomic mass is 127. The summed E-state index contributed by atoms with van der Waals surface area (Å²) >= 11 is 3.76. The molecule has 21 heavy (non-hydrogen) atoms. The van der Waals surface area contributed by atoms with E-state index in [1.807, 2.05) is 11.6 Å². The molecule has 10 heteroatoms. The van der Waals surface area contributed by atoms with Crippen LogP contribution in [-0.2, 0) is 10.0 Å². The quantitative estimate of drug-likeness (QED) is 0.671. The highest BCUT2D eigenvalue weighted by Crippen LogP contribution is 2.28. The van der Waals surface area contributed by atoms with E-state index >= 15 is 0 Å². The third-order valence-electron chi connectivity index (χ3n) is 3.78. The number of fused-ring (bicyclic) bond motifs is 1. The predicted molar refractivity (Wildman–Crippen MR) is 91.4 cm³/mol. The summed E-state index contributed by atoms with van der Waals surface area (Å²) < 4.78 is 27.5. The Kier molecular flexibility index (Phi) is 4.14. The standard InChI is InChI=1S/C11H16IN5O2S2/c1-15(8-3-5-16(6-4-8)21(2,18)19)11-14-17-9(12)7-13-10(17)20-11/h7-8H,3-6H2,1-2H3. The van der Waals surface area contributed by atoms with Gasteiger partial charge in [-0.15, -0.1) is 5.10 Å². The van der Waals surface area contributed by atoms with Gasteiger partial charge in [-0.1, -0.05) is 11.3 Å². The van der Waals surface area contributed by atoms with Gasteiger partial charge in [-0.3, -0.25) is 0 Å². The topological polar surface area (TPSA) is 70.8 Å². The van der Waals surface area contributed by atoms with Gasteiger partial charge in [0.15, 0.2) is 0 Å². The van der Waals surface area contributed by atoms with E-state index in [-0.39, 0.29) is 0 Å². The van der Waals surface area contributed by atoms with Gasteiger partial charge in [0.25, 0.3) is 0 Å². The number of nitrogens with zero attached hydrogens (tertiary/aromatic N) is 5. The van der Waals surface area contributed by atoms with E-state index in [1.54, 1.807) is 21.8 Å². The molecule has 0 radical (unpaired) electrons. The molecule has 0 amide bonds. The van der Waals surface area contributed by atoms with Gasteiger partial charge < -0.3 is 4.90 Å². The molecule has 3 rings (SSSR count). The second-order valence-electron chi connectivity index (χ2n) is 5.16. The maximum atomic E-state index is 11.5. The van der Waals surface area contributed by atoms with E-state index in [1.165, 1.54) is 6.26 Å². The van der Waals surface area contributed by atoms with Crippen LogP contribution in [0.2, 0.25) is 0 Å². The molecule has 7 nitrogen and oxygen atoms in total. The summed E-state index contributed by atoms with van der Waals surface area (Å²) in [7, 11) is -1.05. The molecular weight excluding hydrogens is 425 g/mol. The second kappa shape index (κ2) is 5.63. The summed E-state index contributed by atoms with van der Waals surface area (Å²) in [5.74, 6) is 0. The van der Waals surface area contributed by atoms with Crippen molar-refractivity contribution in [2.24, 2.45) is 0 Å². The van der Waals surface area contributed by atoms with Gasteiger partial charge in [-0.05, 0) is 35.4 Å². The monoisotopic (exact) mass is 441 g/mol. The molecular formula is C11H16IN5O2S2. The van der Waals surface area contributed by atoms with Gasteiger partial charge in [0, 0.05) is 26.2 Å². The Morgan fingerprint density at radius 3 is 2.67 bits per heavy atom. The van der Waals surface area contributed by atoms with Gasteiger partial charge >= 0.3 is 0 Å². The van der Waals surface area contributed by atoms with Crippen molar-refractivity contribution in [1.82, 2.24) is 18.9 Å². The molecule has 2 aromatic rings. The van der Waals surface area contributed by atoms with E-state index < -0.39 is 10.0 Å². The van der Waals surface area contributed by atoms with E-state index in [0.29, 0.717) is 19.1 Å². The fourth-order valence-electron chi connectivity index (χ4n) is 2.52. The number of imidazole rings is 1. The Bertz CT molecular complexity index is 748. The number of piperidine rings is 1. The Hall–Kier alpha value is -0.460. The van der Waals surface area contributed by atoms with Crippen molar-refractivity contribution in [1.29, 1.82) is 0 Å². The van der Waals surface area contributed by atoms with Gasteiger partial charge in [-0.2, -0.15) is 4.52 Å². The van der Waals surface area contributed by atoms with Gasteiger partial charge in [0.2, 0.25) is 20.1 Å². The van der Waals surface area contributed by atoms with Crippen molar-refractivity contribution in [3.63, 3.8) is 0 Å². The minimum atomic E-state index is -3.07. The lowest BCUT2D eigenvalue weighted by molar-refractivity contribution is 0.316. The fraction of sp³-hybridized carbons (Fsp3) is 0.636. The highest BCUT2D eigenvalue weighted by molar-refractivity contribution is 14.1. The minimum absolute atomic E-state index is 0.316. The largest absolute Gasteiger partial charge is 0.347 e. The first kappa shape index (κ1) is 15.4. The molecule has 1 saturated heterocycles. The number of hydrogen-bond donors (Lipinski definition) is 0. The predicted octanol–water partition coefficient (Wildman–Crippen LogP) is 1.26. The Labute approximate surface area is 141 Å². The molecule has 1 fully saturated rings. The second-order valence-corrected chi connectivity index (χ2v) is 9.19. The number of rotatable bonds is 3. The van der Waals surface area contributed by atoms with E-state index in [9.17, 15) is 8.42 Å². The van der Waals surface area contributed by atoms with E-state index in [0.717, 1.165) is 26.6 Å². The van der Waals surface area contributed by atoms with Crippen LogP contribution in [0.1, 0.15) is 12.8 Å². The van der Waals surface area contributed by atoms with Crippen molar-refractivity contribution in [2.45, 2.75) is 18.9 Å². The maximum Gasteiger partial charge on any atom is 0.214 e. The summed E-state index contributed by atoms with van der Waals surface area (Å²) in [5, 5.41) is 5.50.